The van der Waals surface area contributed by atoms with Crippen molar-refractivity contribution in [1.82, 2.24) is 10.3 Å². The number of pyridine rings is 1. The van der Waals surface area contributed by atoms with Gasteiger partial charge >= 0.3 is 0 Å². The van der Waals surface area contributed by atoms with Crippen LogP contribution in [0.25, 0.3) is 0 Å². The van der Waals surface area contributed by atoms with Gasteiger partial charge in [0.25, 0.3) is 0 Å². The van der Waals surface area contributed by atoms with E-state index >= 15 is 0 Å². The Kier molecular flexibility index (Phi) is 5.22. The predicted molar refractivity (Wildman–Crippen MR) is 86.2 cm³/mol. The molecule has 1 N–H and O–H groups in total. The summed E-state index contributed by atoms with van der Waals surface area (Å²) < 4.78 is 23.3. The van der Waals surface area contributed by atoms with Crippen LogP contribution in [0.3, 0.4) is 0 Å². The molecule has 1 aliphatic heterocycles. The summed E-state index contributed by atoms with van der Waals surface area (Å²) in [5, 5.41) is 3.38. The summed E-state index contributed by atoms with van der Waals surface area (Å²) in [4.78, 5) is 6.54. The van der Waals surface area contributed by atoms with Crippen molar-refractivity contribution in [3.05, 3.63) is 24.0 Å². The van der Waals surface area contributed by atoms with Gasteiger partial charge in [-0.25, -0.2) is 8.42 Å². The first kappa shape index (κ1) is 16.2. The Balaban J connectivity index is 2.03. The number of hydrogen-bond donors (Lipinski definition) is 1. The van der Waals surface area contributed by atoms with Gasteiger partial charge in [-0.3, -0.25) is 4.98 Å². The van der Waals surface area contributed by atoms with Gasteiger partial charge in [-0.1, -0.05) is 13.8 Å². The number of nitrogens with zero attached hydrogens (tertiary/aromatic N) is 2. The Labute approximate surface area is 127 Å². The molecule has 1 aromatic heterocycles. The molecule has 1 aliphatic rings. The van der Waals surface area contributed by atoms with Crippen molar-refractivity contribution in [2.75, 3.05) is 29.5 Å². The normalized spacial score (nSPS) is 21.7. The van der Waals surface area contributed by atoms with Gasteiger partial charge in [0.2, 0.25) is 0 Å². The minimum Gasteiger partial charge on any atom is -0.367 e. The molecule has 0 spiro atoms. The lowest BCUT2D eigenvalue weighted by Gasteiger charge is -2.35. The first-order valence-electron chi connectivity index (χ1n) is 7.50. The second-order valence-electron chi connectivity index (χ2n) is 6.19. The Bertz CT molecular complexity index is 572. The smallest absolute Gasteiger partial charge is 0.154 e. The third-order valence-electron chi connectivity index (χ3n) is 3.66. The number of rotatable bonds is 5. The molecule has 1 fully saturated rings. The maximum Gasteiger partial charge on any atom is 0.154 e. The van der Waals surface area contributed by atoms with Crippen LogP contribution in [0.4, 0.5) is 5.69 Å². The molecule has 6 heteroatoms. The highest BCUT2D eigenvalue weighted by atomic mass is 32.2. The van der Waals surface area contributed by atoms with Crippen molar-refractivity contribution in [2.45, 2.75) is 33.4 Å². The van der Waals surface area contributed by atoms with E-state index in [1.165, 1.54) is 0 Å². The van der Waals surface area contributed by atoms with Crippen molar-refractivity contribution in [1.29, 1.82) is 0 Å². The standard InChI is InChI=1S/C15H25N3O2S/c1-12(2)9-16-10-14-8-15(4-5-17-14)18-6-7-21(19,20)11-13(18)3/h4-5,8,12-13,16H,6-7,9-11H2,1-3H3. The first-order chi connectivity index (χ1) is 9.87. The van der Waals surface area contributed by atoms with E-state index in [1.807, 2.05) is 13.0 Å². The third kappa shape index (κ3) is 4.68. The maximum atomic E-state index is 11.7. The predicted octanol–water partition coefficient (Wildman–Crippen LogP) is 1.45. The summed E-state index contributed by atoms with van der Waals surface area (Å²) in [7, 11) is -2.88. The van der Waals surface area contributed by atoms with E-state index in [-0.39, 0.29) is 17.5 Å². The summed E-state index contributed by atoms with van der Waals surface area (Å²) in [6.07, 6.45) is 1.80. The fourth-order valence-electron chi connectivity index (χ4n) is 2.61. The van der Waals surface area contributed by atoms with Crippen LogP contribution in [-0.4, -0.2) is 44.0 Å². The molecule has 0 amide bonds. The van der Waals surface area contributed by atoms with Gasteiger partial charge in [-0.2, -0.15) is 0 Å². The van der Waals surface area contributed by atoms with Crippen LogP contribution in [0.2, 0.25) is 0 Å². The van der Waals surface area contributed by atoms with Crippen molar-refractivity contribution in [3.8, 4) is 0 Å². The highest BCUT2D eigenvalue weighted by Gasteiger charge is 2.28. The lowest BCUT2D eigenvalue weighted by atomic mass is 10.2. The van der Waals surface area contributed by atoms with Crippen LogP contribution >= 0.6 is 0 Å². The Morgan fingerprint density at radius 2 is 2.24 bits per heavy atom. The maximum absolute atomic E-state index is 11.7. The van der Waals surface area contributed by atoms with Crippen molar-refractivity contribution in [2.24, 2.45) is 5.92 Å². The number of hydrogen-bond acceptors (Lipinski definition) is 5. The van der Waals surface area contributed by atoms with Crippen molar-refractivity contribution < 1.29 is 8.42 Å². The molecular formula is C15H25N3O2S. The first-order valence-corrected chi connectivity index (χ1v) is 9.32. The molecular weight excluding hydrogens is 286 g/mol. The quantitative estimate of drug-likeness (QED) is 0.892. The minimum absolute atomic E-state index is 0.0163. The van der Waals surface area contributed by atoms with Crippen molar-refractivity contribution >= 4 is 15.5 Å². The number of sulfone groups is 1. The van der Waals surface area contributed by atoms with E-state index in [0.29, 0.717) is 12.5 Å². The van der Waals surface area contributed by atoms with Gasteiger partial charge in [-0.15, -0.1) is 0 Å². The van der Waals surface area contributed by atoms with E-state index in [9.17, 15) is 8.42 Å². The van der Waals surface area contributed by atoms with E-state index in [2.05, 4.69) is 35.1 Å². The average molecular weight is 311 g/mol. The second kappa shape index (κ2) is 6.75. The van der Waals surface area contributed by atoms with Crippen LogP contribution in [0.15, 0.2) is 18.3 Å². The molecule has 2 heterocycles. The summed E-state index contributed by atoms with van der Waals surface area (Å²) in [6, 6.07) is 4.03. The molecule has 1 aromatic rings. The Morgan fingerprint density at radius 3 is 2.90 bits per heavy atom. The average Bonchev–Trinajstić information content (AvgIpc) is 2.37. The second-order valence-corrected chi connectivity index (χ2v) is 8.42. The summed E-state index contributed by atoms with van der Waals surface area (Å²) >= 11 is 0. The number of nitrogens with one attached hydrogen (secondary N) is 1. The number of anilines is 1. The Morgan fingerprint density at radius 1 is 1.48 bits per heavy atom. The monoisotopic (exact) mass is 311 g/mol. The molecule has 0 saturated carbocycles. The number of aromatic nitrogens is 1. The summed E-state index contributed by atoms with van der Waals surface area (Å²) in [5.74, 6) is 1.08. The van der Waals surface area contributed by atoms with Crippen LogP contribution < -0.4 is 10.2 Å². The van der Waals surface area contributed by atoms with Gasteiger partial charge < -0.3 is 10.2 Å². The Hall–Kier alpha value is -1.14. The zero-order valence-corrected chi connectivity index (χ0v) is 13.9. The lowest BCUT2D eigenvalue weighted by Crippen LogP contribution is -2.47. The van der Waals surface area contributed by atoms with E-state index < -0.39 is 9.84 Å². The molecule has 0 aromatic carbocycles. The third-order valence-corrected chi connectivity index (χ3v) is 5.46. The summed E-state index contributed by atoms with van der Waals surface area (Å²) in [6.45, 7) is 8.58. The van der Waals surface area contributed by atoms with Crippen LogP contribution in [0, 0.1) is 5.92 Å². The van der Waals surface area contributed by atoms with Gasteiger partial charge in [-0.05, 0) is 31.5 Å². The van der Waals surface area contributed by atoms with E-state index in [4.69, 9.17) is 0 Å². The summed E-state index contributed by atoms with van der Waals surface area (Å²) in [5.41, 5.74) is 2.06. The minimum atomic E-state index is -2.88. The topological polar surface area (TPSA) is 62.3 Å². The molecule has 0 aliphatic carbocycles. The van der Waals surface area contributed by atoms with E-state index in [1.54, 1.807) is 6.20 Å². The van der Waals surface area contributed by atoms with Gasteiger partial charge in [0.1, 0.15) is 0 Å². The fraction of sp³-hybridized carbons (Fsp3) is 0.667. The zero-order valence-electron chi connectivity index (χ0n) is 13.0. The fourth-order valence-corrected chi connectivity index (χ4v) is 4.17. The molecule has 0 radical (unpaired) electrons. The van der Waals surface area contributed by atoms with Crippen LogP contribution in [0.1, 0.15) is 26.5 Å². The van der Waals surface area contributed by atoms with Gasteiger partial charge in [0.15, 0.2) is 9.84 Å². The molecule has 5 nitrogen and oxygen atoms in total. The van der Waals surface area contributed by atoms with Gasteiger partial charge in [0.05, 0.1) is 17.2 Å². The van der Waals surface area contributed by atoms with E-state index in [0.717, 1.165) is 24.5 Å². The molecule has 1 atom stereocenters. The molecule has 2 rings (SSSR count). The lowest BCUT2D eigenvalue weighted by molar-refractivity contribution is 0.548. The van der Waals surface area contributed by atoms with Crippen LogP contribution in [0.5, 0.6) is 0 Å². The molecule has 118 valence electrons. The molecule has 1 unspecified atom stereocenters. The molecule has 21 heavy (non-hydrogen) atoms. The SMILES string of the molecule is CC(C)CNCc1cc(N2CCS(=O)(=O)CC2C)ccn1. The molecule has 0 bridgehead atoms. The van der Waals surface area contributed by atoms with Crippen LogP contribution in [-0.2, 0) is 16.4 Å². The zero-order chi connectivity index (χ0) is 15.5. The molecule has 1 saturated heterocycles. The van der Waals surface area contributed by atoms with Gasteiger partial charge in [0, 0.05) is 31.0 Å². The largest absolute Gasteiger partial charge is 0.367 e. The van der Waals surface area contributed by atoms with Crippen molar-refractivity contribution in [3.63, 3.8) is 0 Å². The highest BCUT2D eigenvalue weighted by Crippen LogP contribution is 2.21. The highest BCUT2D eigenvalue weighted by molar-refractivity contribution is 7.91.